The molecule has 0 unspecified atom stereocenters. The van der Waals surface area contributed by atoms with Gasteiger partial charge in [-0.25, -0.2) is 9.37 Å². The van der Waals surface area contributed by atoms with E-state index in [0.717, 1.165) is 16.1 Å². The molecule has 1 amide bonds. The van der Waals surface area contributed by atoms with E-state index in [2.05, 4.69) is 10.3 Å². The van der Waals surface area contributed by atoms with Crippen LogP contribution in [0.4, 0.5) is 10.1 Å². The fraction of sp³-hybridized carbons (Fsp3) is 0.111. The summed E-state index contributed by atoms with van der Waals surface area (Å²) < 4.78 is 20.6. The normalized spacial score (nSPS) is 10.6. The zero-order valence-corrected chi connectivity index (χ0v) is 15.6. The lowest BCUT2D eigenvalue weighted by Crippen LogP contribution is -2.14. The Morgan fingerprint density at radius 3 is 2.81 bits per heavy atom. The minimum atomic E-state index is -0.523. The van der Waals surface area contributed by atoms with Gasteiger partial charge in [0, 0.05) is 29.4 Å². The Hall–Kier alpha value is -2.51. The number of nitrogens with zero attached hydrogens (tertiary/aromatic N) is 2. The quantitative estimate of drug-likeness (QED) is 0.689. The van der Waals surface area contributed by atoms with Crippen molar-refractivity contribution < 1.29 is 13.9 Å². The first-order valence-electron chi connectivity index (χ1n) is 7.57. The number of ether oxygens (including phenoxy) is 1. The Bertz CT molecular complexity index is 961. The van der Waals surface area contributed by atoms with Crippen molar-refractivity contribution >= 4 is 35.0 Å². The zero-order valence-electron chi connectivity index (χ0n) is 14.0. The van der Waals surface area contributed by atoms with Gasteiger partial charge < -0.3 is 14.6 Å². The SMILES string of the molecule is COc1ccc(F)cc1C(=O)Nc1cc(Cl)ccc1Sc1nccn1C. The minimum Gasteiger partial charge on any atom is -0.496 e. The van der Waals surface area contributed by atoms with E-state index < -0.39 is 11.7 Å². The number of aryl methyl sites for hydroxylation is 1. The highest BCUT2D eigenvalue weighted by Gasteiger charge is 2.16. The highest BCUT2D eigenvalue weighted by molar-refractivity contribution is 7.99. The van der Waals surface area contributed by atoms with E-state index in [1.54, 1.807) is 24.4 Å². The van der Waals surface area contributed by atoms with Crippen molar-refractivity contribution in [3.63, 3.8) is 0 Å². The fourth-order valence-electron chi connectivity index (χ4n) is 2.28. The molecule has 0 atom stereocenters. The molecule has 0 fully saturated rings. The Kier molecular flexibility index (Phi) is 5.49. The third-order valence-electron chi connectivity index (χ3n) is 3.57. The standard InChI is InChI=1S/C18H15ClFN3O2S/c1-23-8-7-21-18(23)26-16-6-3-11(19)9-14(16)22-17(24)13-10-12(20)4-5-15(13)25-2/h3-10H,1-2H3,(H,22,24). The van der Waals surface area contributed by atoms with Crippen LogP contribution in [0.3, 0.4) is 0 Å². The summed E-state index contributed by atoms with van der Waals surface area (Å²) in [6.45, 7) is 0. The van der Waals surface area contributed by atoms with Gasteiger partial charge in [-0.05, 0) is 48.2 Å². The summed E-state index contributed by atoms with van der Waals surface area (Å²) in [5, 5.41) is 4.00. The second-order valence-electron chi connectivity index (χ2n) is 5.36. The number of halogens is 2. The van der Waals surface area contributed by atoms with Crippen molar-refractivity contribution in [1.82, 2.24) is 9.55 Å². The van der Waals surface area contributed by atoms with E-state index >= 15 is 0 Å². The molecule has 3 aromatic rings. The topological polar surface area (TPSA) is 56.1 Å². The first-order chi connectivity index (χ1) is 12.5. The van der Waals surface area contributed by atoms with E-state index in [1.807, 2.05) is 17.8 Å². The lowest BCUT2D eigenvalue weighted by atomic mass is 10.1. The van der Waals surface area contributed by atoms with Crippen LogP contribution in [0.1, 0.15) is 10.4 Å². The lowest BCUT2D eigenvalue weighted by molar-refractivity contribution is 0.102. The van der Waals surface area contributed by atoms with Gasteiger partial charge >= 0.3 is 0 Å². The van der Waals surface area contributed by atoms with Gasteiger partial charge in [-0.1, -0.05) is 11.6 Å². The highest BCUT2D eigenvalue weighted by atomic mass is 35.5. The molecular formula is C18H15ClFN3O2S. The van der Waals surface area contributed by atoms with Crippen molar-refractivity contribution in [2.75, 3.05) is 12.4 Å². The van der Waals surface area contributed by atoms with Crippen LogP contribution in [0.2, 0.25) is 5.02 Å². The van der Waals surface area contributed by atoms with Crippen LogP contribution in [-0.2, 0) is 7.05 Å². The third-order valence-corrected chi connectivity index (χ3v) is 4.96. The Morgan fingerprint density at radius 2 is 2.12 bits per heavy atom. The second kappa shape index (κ2) is 7.80. The van der Waals surface area contributed by atoms with Crippen LogP contribution >= 0.6 is 23.4 Å². The maximum absolute atomic E-state index is 13.6. The molecule has 0 saturated heterocycles. The van der Waals surface area contributed by atoms with E-state index in [4.69, 9.17) is 16.3 Å². The number of nitrogens with one attached hydrogen (secondary N) is 1. The number of anilines is 1. The highest BCUT2D eigenvalue weighted by Crippen LogP contribution is 2.34. The number of carbonyl (C=O) groups excluding carboxylic acids is 1. The molecule has 1 aromatic heterocycles. The van der Waals surface area contributed by atoms with Crippen LogP contribution in [0.25, 0.3) is 0 Å². The van der Waals surface area contributed by atoms with Crippen LogP contribution in [-0.4, -0.2) is 22.6 Å². The summed E-state index contributed by atoms with van der Waals surface area (Å²) in [4.78, 5) is 17.7. The molecule has 8 heteroatoms. The number of aromatic nitrogens is 2. The first kappa shape index (κ1) is 18.3. The number of hydrogen-bond acceptors (Lipinski definition) is 4. The summed E-state index contributed by atoms with van der Waals surface area (Å²) in [6.07, 6.45) is 3.52. The summed E-state index contributed by atoms with van der Waals surface area (Å²) in [6, 6.07) is 8.93. The Balaban J connectivity index is 1.92. The van der Waals surface area contributed by atoms with E-state index in [9.17, 15) is 9.18 Å². The monoisotopic (exact) mass is 391 g/mol. The first-order valence-corrected chi connectivity index (χ1v) is 8.77. The number of amides is 1. The molecule has 0 aliphatic heterocycles. The molecule has 2 aromatic carbocycles. The summed E-state index contributed by atoms with van der Waals surface area (Å²) in [5.74, 6) is -0.737. The maximum atomic E-state index is 13.6. The second-order valence-corrected chi connectivity index (χ2v) is 6.81. The Labute approximate surface area is 159 Å². The number of imidazole rings is 1. The van der Waals surface area contributed by atoms with Gasteiger partial charge in [-0.3, -0.25) is 4.79 Å². The van der Waals surface area contributed by atoms with Crippen LogP contribution in [0, 0.1) is 5.82 Å². The van der Waals surface area contributed by atoms with Gasteiger partial charge in [0.15, 0.2) is 5.16 Å². The smallest absolute Gasteiger partial charge is 0.259 e. The minimum absolute atomic E-state index is 0.0976. The average molecular weight is 392 g/mol. The predicted molar refractivity (Wildman–Crippen MR) is 99.7 cm³/mol. The van der Waals surface area contributed by atoms with Gasteiger partial charge in [-0.15, -0.1) is 0 Å². The largest absolute Gasteiger partial charge is 0.496 e. The molecule has 0 bridgehead atoms. The molecule has 26 heavy (non-hydrogen) atoms. The van der Waals surface area contributed by atoms with Crippen LogP contribution in [0.15, 0.2) is 58.8 Å². The van der Waals surface area contributed by atoms with Gasteiger partial charge in [0.25, 0.3) is 5.91 Å². The molecule has 0 aliphatic carbocycles. The molecule has 3 rings (SSSR count). The fourth-order valence-corrected chi connectivity index (χ4v) is 3.33. The van der Waals surface area contributed by atoms with Crippen molar-refractivity contribution in [1.29, 1.82) is 0 Å². The summed E-state index contributed by atoms with van der Waals surface area (Å²) >= 11 is 7.46. The number of rotatable bonds is 5. The van der Waals surface area contributed by atoms with Crippen LogP contribution < -0.4 is 10.1 Å². The number of methoxy groups -OCH3 is 1. The van der Waals surface area contributed by atoms with Crippen molar-refractivity contribution in [3.05, 3.63) is 65.2 Å². The molecule has 134 valence electrons. The predicted octanol–water partition coefficient (Wildman–Crippen LogP) is 4.62. The summed E-state index contributed by atoms with van der Waals surface area (Å²) in [7, 11) is 3.30. The molecule has 0 radical (unpaired) electrons. The van der Waals surface area contributed by atoms with Crippen LogP contribution in [0.5, 0.6) is 5.75 Å². The molecule has 0 saturated carbocycles. The van der Waals surface area contributed by atoms with E-state index in [0.29, 0.717) is 10.7 Å². The van der Waals surface area contributed by atoms with Gasteiger partial charge in [-0.2, -0.15) is 0 Å². The number of benzene rings is 2. The zero-order chi connectivity index (χ0) is 18.7. The van der Waals surface area contributed by atoms with E-state index in [1.165, 1.54) is 31.0 Å². The molecular weight excluding hydrogens is 377 g/mol. The molecule has 1 N–H and O–H groups in total. The van der Waals surface area contributed by atoms with Gasteiger partial charge in [0.2, 0.25) is 0 Å². The Morgan fingerprint density at radius 1 is 1.31 bits per heavy atom. The van der Waals surface area contributed by atoms with Gasteiger partial charge in [0.1, 0.15) is 11.6 Å². The van der Waals surface area contributed by atoms with Gasteiger partial charge in [0.05, 0.1) is 18.4 Å². The third kappa shape index (κ3) is 4.00. The maximum Gasteiger partial charge on any atom is 0.259 e. The average Bonchev–Trinajstić information content (AvgIpc) is 3.02. The lowest BCUT2D eigenvalue weighted by Gasteiger charge is -2.13. The molecule has 1 heterocycles. The van der Waals surface area contributed by atoms with Crippen molar-refractivity contribution in [3.8, 4) is 5.75 Å². The van der Waals surface area contributed by atoms with E-state index in [-0.39, 0.29) is 11.3 Å². The molecule has 5 nitrogen and oxygen atoms in total. The molecule has 0 spiro atoms. The van der Waals surface area contributed by atoms with Crippen molar-refractivity contribution in [2.45, 2.75) is 10.1 Å². The van der Waals surface area contributed by atoms with Crippen molar-refractivity contribution in [2.24, 2.45) is 7.05 Å². The molecule has 0 aliphatic rings. The number of hydrogen-bond donors (Lipinski definition) is 1. The summed E-state index contributed by atoms with van der Waals surface area (Å²) in [5.41, 5.74) is 0.599. The number of carbonyl (C=O) groups is 1.